The zero-order valence-electron chi connectivity index (χ0n) is 15.9. The number of para-hydroxylation sites is 1. The summed E-state index contributed by atoms with van der Waals surface area (Å²) >= 11 is 12.2. The van der Waals surface area contributed by atoms with E-state index in [1.807, 2.05) is 0 Å². The summed E-state index contributed by atoms with van der Waals surface area (Å²) in [5.74, 6) is 0. The maximum Gasteiger partial charge on any atom is 0.319 e. The molecule has 156 valence electrons. The molecule has 0 aliphatic carbocycles. The normalized spacial score (nSPS) is 12.1. The van der Waals surface area contributed by atoms with Gasteiger partial charge in [-0.3, -0.25) is 4.72 Å². The summed E-state index contributed by atoms with van der Waals surface area (Å²) in [5, 5.41) is 6.22. The lowest BCUT2D eigenvalue weighted by atomic mass is 10.1. The lowest BCUT2D eigenvalue weighted by Gasteiger charge is -2.17. The molecule has 30 heavy (non-hydrogen) atoms. The monoisotopic (exact) mass is 463 g/mol. The number of hydrogen-bond acceptors (Lipinski definition) is 3. The van der Waals surface area contributed by atoms with E-state index in [9.17, 15) is 13.2 Å². The minimum atomic E-state index is -3.73. The van der Waals surface area contributed by atoms with E-state index in [4.69, 9.17) is 23.2 Å². The molecule has 9 heteroatoms. The number of benzene rings is 3. The number of halogens is 2. The minimum Gasteiger partial charge on any atom is -0.331 e. The number of amides is 2. The Morgan fingerprint density at radius 1 is 0.867 bits per heavy atom. The first-order valence-electron chi connectivity index (χ1n) is 8.95. The number of urea groups is 1. The lowest BCUT2D eigenvalue weighted by Crippen LogP contribution is -2.31. The van der Waals surface area contributed by atoms with Crippen molar-refractivity contribution in [3.05, 3.63) is 88.4 Å². The maximum atomic E-state index is 12.5. The molecule has 0 aliphatic rings. The van der Waals surface area contributed by atoms with Gasteiger partial charge in [-0.05, 0) is 55.0 Å². The van der Waals surface area contributed by atoms with Crippen molar-refractivity contribution in [3.63, 3.8) is 0 Å². The van der Waals surface area contributed by atoms with Gasteiger partial charge in [0.15, 0.2) is 0 Å². The molecular weight excluding hydrogens is 445 g/mol. The Labute approximate surface area is 185 Å². The van der Waals surface area contributed by atoms with Crippen LogP contribution in [0.2, 0.25) is 10.0 Å². The molecule has 3 rings (SSSR count). The maximum absolute atomic E-state index is 12.5. The van der Waals surface area contributed by atoms with E-state index in [1.54, 1.807) is 55.5 Å². The minimum absolute atomic E-state index is 0.0800. The van der Waals surface area contributed by atoms with Crippen molar-refractivity contribution in [3.8, 4) is 0 Å². The van der Waals surface area contributed by atoms with Crippen LogP contribution in [0, 0.1) is 0 Å². The Bertz CT molecular complexity index is 1140. The van der Waals surface area contributed by atoms with Gasteiger partial charge in [0, 0.05) is 11.4 Å². The molecule has 0 fully saturated rings. The first kappa shape index (κ1) is 22.0. The second kappa shape index (κ2) is 9.38. The number of nitrogens with one attached hydrogen (secondary N) is 3. The SMILES string of the molecule is C[C@H](NC(=O)Nc1ccc(S(=O)(=O)Nc2ccccc2)cc1)c1cccc(Cl)c1Cl. The van der Waals surface area contributed by atoms with Crippen LogP contribution in [0.5, 0.6) is 0 Å². The molecule has 1 atom stereocenters. The van der Waals surface area contributed by atoms with E-state index in [0.29, 0.717) is 27.0 Å². The van der Waals surface area contributed by atoms with Crippen molar-refractivity contribution in [1.82, 2.24) is 5.32 Å². The highest BCUT2D eigenvalue weighted by Gasteiger charge is 2.16. The smallest absolute Gasteiger partial charge is 0.319 e. The molecular formula is C21H19Cl2N3O3S. The molecule has 3 aromatic carbocycles. The molecule has 0 unspecified atom stereocenters. The van der Waals surface area contributed by atoms with Crippen molar-refractivity contribution in [2.24, 2.45) is 0 Å². The van der Waals surface area contributed by atoms with Gasteiger partial charge in [-0.15, -0.1) is 0 Å². The van der Waals surface area contributed by atoms with Crippen LogP contribution in [0.25, 0.3) is 0 Å². The fourth-order valence-corrected chi connectivity index (χ4v) is 4.26. The number of carbonyl (C=O) groups excluding carboxylic acids is 1. The highest BCUT2D eigenvalue weighted by molar-refractivity contribution is 7.92. The summed E-state index contributed by atoms with van der Waals surface area (Å²) in [6.07, 6.45) is 0. The van der Waals surface area contributed by atoms with Crippen molar-refractivity contribution in [2.45, 2.75) is 17.9 Å². The largest absolute Gasteiger partial charge is 0.331 e. The predicted molar refractivity (Wildman–Crippen MR) is 121 cm³/mol. The summed E-state index contributed by atoms with van der Waals surface area (Å²) < 4.78 is 27.4. The van der Waals surface area contributed by atoms with Crippen LogP contribution in [-0.4, -0.2) is 14.4 Å². The lowest BCUT2D eigenvalue weighted by molar-refractivity contribution is 0.249. The number of hydrogen-bond donors (Lipinski definition) is 3. The third-order valence-electron chi connectivity index (χ3n) is 4.24. The van der Waals surface area contributed by atoms with E-state index in [-0.39, 0.29) is 10.9 Å². The number of anilines is 2. The van der Waals surface area contributed by atoms with Gasteiger partial charge in [0.05, 0.1) is 21.0 Å². The topological polar surface area (TPSA) is 87.3 Å². The van der Waals surface area contributed by atoms with E-state index >= 15 is 0 Å². The van der Waals surface area contributed by atoms with Gasteiger partial charge in [-0.25, -0.2) is 13.2 Å². The van der Waals surface area contributed by atoms with E-state index in [2.05, 4.69) is 15.4 Å². The fraction of sp³-hybridized carbons (Fsp3) is 0.0952. The molecule has 0 radical (unpaired) electrons. The van der Waals surface area contributed by atoms with Crippen LogP contribution in [-0.2, 0) is 10.0 Å². The quantitative estimate of drug-likeness (QED) is 0.439. The summed E-state index contributed by atoms with van der Waals surface area (Å²) in [7, 11) is -3.73. The molecule has 0 aromatic heterocycles. The van der Waals surface area contributed by atoms with Gasteiger partial charge in [0.2, 0.25) is 0 Å². The predicted octanol–water partition coefficient (Wildman–Crippen LogP) is 5.68. The molecule has 3 N–H and O–H groups in total. The van der Waals surface area contributed by atoms with E-state index in [1.165, 1.54) is 24.3 Å². The van der Waals surface area contributed by atoms with Gasteiger partial charge in [0.1, 0.15) is 0 Å². The molecule has 0 aliphatic heterocycles. The van der Waals surface area contributed by atoms with Crippen LogP contribution in [0.3, 0.4) is 0 Å². The summed E-state index contributed by atoms with van der Waals surface area (Å²) in [6, 6.07) is 18.8. The summed E-state index contributed by atoms with van der Waals surface area (Å²) in [6.45, 7) is 1.78. The standard InChI is InChI=1S/C21H19Cl2N3O3S/c1-14(18-8-5-9-19(22)20(18)23)24-21(27)25-15-10-12-17(13-11-15)30(28,29)26-16-6-3-2-4-7-16/h2-14,26H,1H3,(H2,24,25,27)/t14-/m0/s1. The number of carbonyl (C=O) groups is 1. The Kier molecular flexibility index (Phi) is 6.87. The van der Waals surface area contributed by atoms with Crippen LogP contribution < -0.4 is 15.4 Å². The summed E-state index contributed by atoms with van der Waals surface area (Å²) in [5.41, 5.74) is 1.59. The van der Waals surface area contributed by atoms with Gasteiger partial charge in [-0.2, -0.15) is 0 Å². The summed E-state index contributed by atoms with van der Waals surface area (Å²) in [4.78, 5) is 12.4. The number of sulfonamides is 1. The van der Waals surface area contributed by atoms with Gasteiger partial charge >= 0.3 is 6.03 Å². The van der Waals surface area contributed by atoms with Crippen LogP contribution in [0.1, 0.15) is 18.5 Å². The van der Waals surface area contributed by atoms with Crippen LogP contribution in [0.4, 0.5) is 16.2 Å². The van der Waals surface area contributed by atoms with Gasteiger partial charge in [-0.1, -0.05) is 53.5 Å². The molecule has 3 aromatic rings. The Morgan fingerprint density at radius 3 is 2.20 bits per heavy atom. The molecule has 0 heterocycles. The second-order valence-corrected chi connectivity index (χ2v) is 8.93. The average Bonchev–Trinajstić information content (AvgIpc) is 2.70. The zero-order valence-corrected chi connectivity index (χ0v) is 18.2. The fourth-order valence-electron chi connectivity index (χ4n) is 2.73. The zero-order chi connectivity index (χ0) is 21.7. The van der Waals surface area contributed by atoms with Gasteiger partial charge < -0.3 is 10.6 Å². The second-order valence-electron chi connectivity index (χ2n) is 6.46. The van der Waals surface area contributed by atoms with Crippen molar-refractivity contribution in [1.29, 1.82) is 0 Å². The third kappa shape index (κ3) is 5.44. The average molecular weight is 464 g/mol. The van der Waals surface area contributed by atoms with Crippen LogP contribution >= 0.6 is 23.2 Å². The molecule has 0 bridgehead atoms. The molecule has 2 amide bonds. The van der Waals surface area contributed by atoms with Gasteiger partial charge in [0.25, 0.3) is 10.0 Å². The number of rotatable bonds is 6. The molecule has 0 spiro atoms. The Balaban J connectivity index is 1.63. The Morgan fingerprint density at radius 2 is 1.53 bits per heavy atom. The molecule has 6 nitrogen and oxygen atoms in total. The highest BCUT2D eigenvalue weighted by Crippen LogP contribution is 2.29. The third-order valence-corrected chi connectivity index (χ3v) is 6.47. The molecule has 0 saturated heterocycles. The van der Waals surface area contributed by atoms with Crippen molar-refractivity contribution >= 4 is 50.6 Å². The van der Waals surface area contributed by atoms with Crippen molar-refractivity contribution in [2.75, 3.05) is 10.0 Å². The van der Waals surface area contributed by atoms with Crippen LogP contribution in [0.15, 0.2) is 77.7 Å². The Hall–Kier alpha value is -2.74. The van der Waals surface area contributed by atoms with E-state index in [0.717, 1.165) is 0 Å². The highest BCUT2D eigenvalue weighted by atomic mass is 35.5. The van der Waals surface area contributed by atoms with Crippen molar-refractivity contribution < 1.29 is 13.2 Å². The first-order chi connectivity index (χ1) is 14.3. The van der Waals surface area contributed by atoms with E-state index < -0.39 is 16.1 Å². The first-order valence-corrected chi connectivity index (χ1v) is 11.2. The molecule has 0 saturated carbocycles.